The first-order valence-corrected chi connectivity index (χ1v) is 19.7. The monoisotopic (exact) mass is 683 g/mol. The van der Waals surface area contributed by atoms with Gasteiger partial charge in [0.05, 0.1) is 20.1 Å². The van der Waals surface area contributed by atoms with Gasteiger partial charge < -0.3 is 23.5 Å². The standard InChI is InChI=1S/C41H53NO6Si/c1-7-27-47-40(44)34-25-17-18-26-42(34)39(43)37(30-19-11-8-12-20-30)31-28-35(45-5)38(36(29-31)46-6)48-49(41(2,3)4,32-21-13-9-14-22-32)33-23-15-10-16-24-33/h7,9-10,13-16,21-24,28-30,34,37H,1,8,11-12,17-20,25-27H2,2-6H3/t34-,37-/m0/s1. The van der Waals surface area contributed by atoms with Crippen molar-refractivity contribution < 1.29 is 28.2 Å². The zero-order valence-corrected chi connectivity index (χ0v) is 30.9. The van der Waals surface area contributed by atoms with Gasteiger partial charge >= 0.3 is 14.3 Å². The maximum atomic E-state index is 14.8. The molecule has 0 aromatic heterocycles. The Morgan fingerprint density at radius 3 is 1.92 bits per heavy atom. The zero-order chi connectivity index (χ0) is 35.0. The summed E-state index contributed by atoms with van der Waals surface area (Å²) in [5, 5.41) is 1.99. The Kier molecular flexibility index (Phi) is 11.9. The fourth-order valence-corrected chi connectivity index (χ4v) is 12.4. The van der Waals surface area contributed by atoms with Gasteiger partial charge in [0.1, 0.15) is 12.6 Å². The Balaban J connectivity index is 1.64. The van der Waals surface area contributed by atoms with E-state index in [2.05, 4.69) is 75.9 Å². The average Bonchev–Trinajstić information content (AvgIpc) is 3.13. The SMILES string of the molecule is C=CCOC(=O)[C@@H]1CCCCN1C(=O)[C@H](c1cc(OC)c(O[Si](c2ccccc2)(c2ccccc2)C(C)(C)C)c(OC)c1)C1CCCCC1. The van der Waals surface area contributed by atoms with E-state index in [1.165, 1.54) is 0 Å². The molecular weight excluding hydrogens is 631 g/mol. The van der Waals surface area contributed by atoms with Gasteiger partial charge in [0, 0.05) is 6.54 Å². The molecule has 2 atom stereocenters. The van der Waals surface area contributed by atoms with Crippen LogP contribution in [0.2, 0.25) is 5.04 Å². The third-order valence-electron chi connectivity index (χ3n) is 10.3. The highest BCUT2D eigenvalue weighted by Gasteiger charge is 2.53. The van der Waals surface area contributed by atoms with Crippen molar-refractivity contribution in [2.45, 2.75) is 89.1 Å². The number of hydrogen-bond donors (Lipinski definition) is 0. The van der Waals surface area contributed by atoms with E-state index in [0.29, 0.717) is 30.2 Å². The van der Waals surface area contributed by atoms with Crippen LogP contribution in [-0.4, -0.2) is 58.5 Å². The van der Waals surface area contributed by atoms with Crippen molar-refractivity contribution in [1.29, 1.82) is 0 Å². The minimum Gasteiger partial charge on any atom is -0.529 e. The highest BCUT2D eigenvalue weighted by molar-refractivity contribution is 7.00. The number of piperidine rings is 1. The Morgan fingerprint density at radius 2 is 1.41 bits per heavy atom. The summed E-state index contributed by atoms with van der Waals surface area (Å²) in [6.07, 6.45) is 9.08. The van der Waals surface area contributed by atoms with Crippen LogP contribution in [0.15, 0.2) is 85.5 Å². The number of carbonyl (C=O) groups excluding carboxylic acids is 2. The topological polar surface area (TPSA) is 74.3 Å². The summed E-state index contributed by atoms with van der Waals surface area (Å²) in [4.78, 5) is 29.8. The summed E-state index contributed by atoms with van der Waals surface area (Å²) in [6.45, 7) is 11.0. The second-order valence-corrected chi connectivity index (χ2v) is 18.6. The molecule has 0 N–H and O–H groups in total. The molecule has 1 saturated heterocycles. The Bertz CT molecular complexity index is 1500. The molecule has 0 spiro atoms. The molecule has 0 bridgehead atoms. The van der Waals surface area contributed by atoms with Gasteiger partial charge in [0.15, 0.2) is 17.2 Å². The predicted molar refractivity (Wildman–Crippen MR) is 198 cm³/mol. The maximum Gasteiger partial charge on any atom is 0.329 e. The molecule has 49 heavy (non-hydrogen) atoms. The van der Waals surface area contributed by atoms with E-state index in [1.807, 2.05) is 24.3 Å². The normalized spacial score (nSPS) is 17.9. The first-order valence-electron chi connectivity index (χ1n) is 17.8. The van der Waals surface area contributed by atoms with Crippen LogP contribution < -0.4 is 24.3 Å². The van der Waals surface area contributed by atoms with Crippen molar-refractivity contribution in [2.75, 3.05) is 27.4 Å². The lowest BCUT2D eigenvalue weighted by Crippen LogP contribution is -2.68. The van der Waals surface area contributed by atoms with E-state index in [0.717, 1.165) is 60.9 Å². The number of rotatable bonds is 12. The molecule has 2 aliphatic rings. The number of ether oxygens (including phenoxy) is 3. The van der Waals surface area contributed by atoms with E-state index in [-0.39, 0.29) is 29.4 Å². The molecule has 0 unspecified atom stereocenters. The summed E-state index contributed by atoms with van der Waals surface area (Å²) in [5.74, 6) is 0.856. The number of esters is 1. The van der Waals surface area contributed by atoms with Crippen LogP contribution in [0.25, 0.3) is 0 Å². The number of benzene rings is 3. The van der Waals surface area contributed by atoms with Crippen LogP contribution in [0.1, 0.15) is 83.6 Å². The first-order chi connectivity index (χ1) is 23.7. The number of amides is 1. The average molecular weight is 684 g/mol. The number of nitrogens with zero attached hydrogens (tertiary/aromatic N) is 1. The van der Waals surface area contributed by atoms with Gasteiger partial charge in [-0.25, -0.2) is 4.79 Å². The van der Waals surface area contributed by atoms with E-state index in [4.69, 9.17) is 18.6 Å². The Hall–Kier alpha value is -4.04. The van der Waals surface area contributed by atoms with Crippen molar-refractivity contribution in [3.05, 3.63) is 91.0 Å². The van der Waals surface area contributed by atoms with Gasteiger partial charge in [-0.05, 0) is 71.1 Å². The van der Waals surface area contributed by atoms with Crippen LogP contribution in [0.4, 0.5) is 0 Å². The lowest BCUT2D eigenvalue weighted by molar-refractivity contribution is -0.157. The van der Waals surface area contributed by atoms with Crippen LogP contribution in [-0.2, 0) is 14.3 Å². The van der Waals surface area contributed by atoms with Crippen LogP contribution in [0, 0.1) is 5.92 Å². The van der Waals surface area contributed by atoms with E-state index in [9.17, 15) is 9.59 Å². The van der Waals surface area contributed by atoms with Crippen LogP contribution in [0.3, 0.4) is 0 Å². The molecule has 1 amide bonds. The summed E-state index contributed by atoms with van der Waals surface area (Å²) in [7, 11) is 0.249. The summed E-state index contributed by atoms with van der Waals surface area (Å²) in [5.41, 5.74) is 0.823. The molecule has 3 aromatic rings. The Morgan fingerprint density at radius 1 is 0.857 bits per heavy atom. The van der Waals surface area contributed by atoms with Crippen molar-refractivity contribution in [3.8, 4) is 17.2 Å². The van der Waals surface area contributed by atoms with Crippen molar-refractivity contribution in [1.82, 2.24) is 4.90 Å². The zero-order valence-electron chi connectivity index (χ0n) is 29.9. The molecule has 1 heterocycles. The summed E-state index contributed by atoms with van der Waals surface area (Å²) in [6, 6.07) is 24.3. The van der Waals surface area contributed by atoms with Gasteiger partial charge in [-0.15, -0.1) is 0 Å². The fraction of sp³-hybridized carbons (Fsp3) is 0.463. The van der Waals surface area contributed by atoms with Crippen LogP contribution >= 0.6 is 0 Å². The molecule has 5 rings (SSSR count). The third-order valence-corrected chi connectivity index (χ3v) is 15.2. The number of carbonyl (C=O) groups is 2. The fourth-order valence-electron chi connectivity index (χ4n) is 7.92. The molecular formula is C41H53NO6Si. The van der Waals surface area contributed by atoms with E-state index >= 15 is 0 Å². The van der Waals surface area contributed by atoms with Crippen molar-refractivity contribution in [2.24, 2.45) is 5.92 Å². The minimum absolute atomic E-state index is 0.0306. The van der Waals surface area contributed by atoms with Gasteiger partial charge in [0.25, 0.3) is 0 Å². The van der Waals surface area contributed by atoms with Gasteiger partial charge in [-0.3, -0.25) is 4.79 Å². The van der Waals surface area contributed by atoms with Crippen molar-refractivity contribution in [3.63, 3.8) is 0 Å². The third kappa shape index (κ3) is 7.59. The molecule has 8 heteroatoms. The largest absolute Gasteiger partial charge is 0.529 e. The van der Waals surface area contributed by atoms with E-state index < -0.39 is 20.3 Å². The summed E-state index contributed by atoms with van der Waals surface area (Å²) < 4.78 is 25.2. The molecule has 1 aliphatic heterocycles. The maximum absolute atomic E-state index is 14.8. The second-order valence-electron chi connectivity index (χ2n) is 14.4. The van der Waals surface area contributed by atoms with Gasteiger partial charge in [0.2, 0.25) is 5.91 Å². The van der Waals surface area contributed by atoms with Crippen LogP contribution in [0.5, 0.6) is 17.2 Å². The molecule has 1 saturated carbocycles. The molecule has 262 valence electrons. The van der Waals surface area contributed by atoms with Gasteiger partial charge in [-0.1, -0.05) is 113 Å². The summed E-state index contributed by atoms with van der Waals surface area (Å²) >= 11 is 0. The highest BCUT2D eigenvalue weighted by atomic mass is 28.4. The molecule has 2 fully saturated rings. The second kappa shape index (κ2) is 16.1. The van der Waals surface area contributed by atoms with Gasteiger partial charge in [-0.2, -0.15) is 0 Å². The molecule has 1 aliphatic carbocycles. The lowest BCUT2D eigenvalue weighted by Gasteiger charge is -2.43. The minimum atomic E-state index is -3.04. The molecule has 7 nitrogen and oxygen atoms in total. The highest BCUT2D eigenvalue weighted by Crippen LogP contribution is 2.48. The first kappa shape index (κ1) is 36.2. The molecule has 3 aromatic carbocycles. The van der Waals surface area contributed by atoms with Crippen molar-refractivity contribution >= 4 is 30.6 Å². The predicted octanol–water partition coefficient (Wildman–Crippen LogP) is 7.42. The number of methoxy groups -OCH3 is 2. The number of hydrogen-bond acceptors (Lipinski definition) is 6. The van der Waals surface area contributed by atoms with E-state index in [1.54, 1.807) is 25.2 Å². The quantitative estimate of drug-likeness (QED) is 0.112. The molecule has 0 radical (unpaired) electrons. The number of likely N-dealkylation sites (tertiary alicyclic amines) is 1. The smallest absolute Gasteiger partial charge is 0.329 e. The Labute approximate surface area is 293 Å². The lowest BCUT2D eigenvalue weighted by atomic mass is 9.75.